The Morgan fingerprint density at radius 1 is 1.37 bits per heavy atom. The van der Waals surface area contributed by atoms with Crippen LogP contribution in [0.2, 0.25) is 5.15 Å². The lowest BCUT2D eigenvalue weighted by atomic mass is 10.1. The van der Waals surface area contributed by atoms with Crippen LogP contribution in [0.1, 0.15) is 12.0 Å². The van der Waals surface area contributed by atoms with Crippen molar-refractivity contribution >= 4 is 17.6 Å². The van der Waals surface area contributed by atoms with Crippen molar-refractivity contribution in [2.24, 2.45) is 0 Å². The number of aliphatic carboxylic acids is 1. The van der Waals surface area contributed by atoms with Gasteiger partial charge in [0, 0.05) is 18.2 Å². The normalized spacial score (nSPS) is 10.4. The van der Waals surface area contributed by atoms with Gasteiger partial charge in [-0.15, -0.1) is 0 Å². The van der Waals surface area contributed by atoms with E-state index in [0.29, 0.717) is 5.56 Å². The SMILES string of the molecule is O=C(O)CCc1cnc(-c2ccccc2F)nc1Cl. The number of nitrogens with zero attached hydrogens (tertiary/aromatic N) is 2. The predicted molar refractivity (Wildman–Crippen MR) is 68.4 cm³/mol. The molecule has 0 radical (unpaired) electrons. The molecule has 19 heavy (non-hydrogen) atoms. The molecule has 0 bridgehead atoms. The molecular formula is C13H10ClFN2O2. The van der Waals surface area contributed by atoms with E-state index in [-0.39, 0.29) is 29.4 Å². The molecule has 0 spiro atoms. The van der Waals surface area contributed by atoms with Crippen LogP contribution in [0, 0.1) is 5.82 Å². The quantitative estimate of drug-likeness (QED) is 0.875. The smallest absolute Gasteiger partial charge is 0.303 e. The molecule has 98 valence electrons. The number of carboxylic acid groups (broad SMARTS) is 1. The Labute approximate surface area is 113 Å². The van der Waals surface area contributed by atoms with Gasteiger partial charge in [0.15, 0.2) is 5.82 Å². The summed E-state index contributed by atoms with van der Waals surface area (Å²) in [5.74, 6) is -1.17. The maximum atomic E-state index is 13.6. The lowest BCUT2D eigenvalue weighted by Crippen LogP contribution is -2.01. The molecule has 0 aliphatic heterocycles. The van der Waals surface area contributed by atoms with Crippen LogP contribution in [0.15, 0.2) is 30.5 Å². The molecule has 1 heterocycles. The first-order valence-electron chi connectivity index (χ1n) is 5.56. The van der Waals surface area contributed by atoms with E-state index in [1.165, 1.54) is 12.3 Å². The first-order valence-corrected chi connectivity index (χ1v) is 5.94. The second-order valence-corrected chi connectivity index (χ2v) is 4.24. The predicted octanol–water partition coefficient (Wildman–Crippen LogP) is 2.95. The summed E-state index contributed by atoms with van der Waals surface area (Å²) in [5, 5.41) is 8.75. The van der Waals surface area contributed by atoms with Crippen molar-refractivity contribution < 1.29 is 14.3 Å². The number of rotatable bonds is 4. The summed E-state index contributed by atoms with van der Waals surface area (Å²) in [6.07, 6.45) is 1.62. The Bertz CT molecular complexity index is 619. The molecule has 2 aromatic rings. The van der Waals surface area contributed by atoms with Crippen LogP contribution in [0.4, 0.5) is 4.39 Å². The zero-order valence-corrected chi connectivity index (χ0v) is 10.6. The molecule has 4 nitrogen and oxygen atoms in total. The van der Waals surface area contributed by atoms with Crippen molar-refractivity contribution in [1.29, 1.82) is 0 Å². The molecule has 1 N–H and O–H groups in total. The van der Waals surface area contributed by atoms with Gasteiger partial charge in [-0.3, -0.25) is 4.79 Å². The lowest BCUT2D eigenvalue weighted by Gasteiger charge is -2.05. The highest BCUT2D eigenvalue weighted by atomic mass is 35.5. The van der Waals surface area contributed by atoms with E-state index in [1.807, 2.05) is 0 Å². The van der Waals surface area contributed by atoms with Gasteiger partial charge in [-0.1, -0.05) is 23.7 Å². The van der Waals surface area contributed by atoms with Crippen LogP contribution in [0.3, 0.4) is 0 Å². The van der Waals surface area contributed by atoms with Gasteiger partial charge >= 0.3 is 5.97 Å². The zero-order chi connectivity index (χ0) is 13.8. The van der Waals surface area contributed by atoms with Crippen LogP contribution < -0.4 is 0 Å². The molecule has 0 saturated carbocycles. The average Bonchev–Trinajstić information content (AvgIpc) is 2.37. The third kappa shape index (κ3) is 3.26. The minimum atomic E-state index is -0.922. The Morgan fingerprint density at radius 2 is 2.11 bits per heavy atom. The Balaban J connectivity index is 2.29. The van der Waals surface area contributed by atoms with Gasteiger partial charge in [0.05, 0.1) is 5.56 Å². The van der Waals surface area contributed by atoms with E-state index in [2.05, 4.69) is 9.97 Å². The van der Waals surface area contributed by atoms with Crippen LogP contribution in [0.5, 0.6) is 0 Å². The number of hydrogen-bond acceptors (Lipinski definition) is 3. The van der Waals surface area contributed by atoms with Crippen molar-refractivity contribution in [3.8, 4) is 11.4 Å². The highest BCUT2D eigenvalue weighted by molar-refractivity contribution is 6.30. The van der Waals surface area contributed by atoms with Gasteiger partial charge in [-0.2, -0.15) is 0 Å². The summed E-state index contributed by atoms with van der Waals surface area (Å²) < 4.78 is 13.6. The minimum absolute atomic E-state index is 0.0534. The molecule has 0 aliphatic carbocycles. The van der Waals surface area contributed by atoms with Crippen molar-refractivity contribution in [3.63, 3.8) is 0 Å². The second kappa shape index (κ2) is 5.75. The summed E-state index contributed by atoms with van der Waals surface area (Å²) in [6, 6.07) is 6.11. The summed E-state index contributed by atoms with van der Waals surface area (Å²) in [5.41, 5.74) is 0.790. The fourth-order valence-corrected chi connectivity index (χ4v) is 1.79. The molecule has 0 amide bonds. The van der Waals surface area contributed by atoms with E-state index in [0.717, 1.165) is 0 Å². The van der Waals surface area contributed by atoms with E-state index < -0.39 is 11.8 Å². The third-order valence-corrected chi connectivity index (χ3v) is 2.86. The number of halogens is 2. The fraction of sp³-hybridized carbons (Fsp3) is 0.154. The van der Waals surface area contributed by atoms with Crippen molar-refractivity contribution in [2.45, 2.75) is 12.8 Å². The molecular weight excluding hydrogens is 271 g/mol. The maximum absolute atomic E-state index is 13.6. The average molecular weight is 281 g/mol. The largest absolute Gasteiger partial charge is 0.481 e. The van der Waals surface area contributed by atoms with Gasteiger partial charge in [0.1, 0.15) is 11.0 Å². The lowest BCUT2D eigenvalue weighted by molar-refractivity contribution is -0.136. The third-order valence-electron chi connectivity index (χ3n) is 2.53. The van der Waals surface area contributed by atoms with Gasteiger partial charge in [-0.25, -0.2) is 14.4 Å². The van der Waals surface area contributed by atoms with Crippen LogP contribution in [-0.2, 0) is 11.2 Å². The Morgan fingerprint density at radius 3 is 2.74 bits per heavy atom. The first kappa shape index (κ1) is 13.4. The van der Waals surface area contributed by atoms with Crippen LogP contribution in [0.25, 0.3) is 11.4 Å². The first-order chi connectivity index (χ1) is 9.08. The van der Waals surface area contributed by atoms with E-state index in [4.69, 9.17) is 16.7 Å². The Hall–Kier alpha value is -2.01. The van der Waals surface area contributed by atoms with Gasteiger partial charge in [0.2, 0.25) is 0 Å². The summed E-state index contributed by atoms with van der Waals surface area (Å²) in [4.78, 5) is 18.5. The number of aryl methyl sites for hydroxylation is 1. The number of carbonyl (C=O) groups is 1. The molecule has 0 atom stereocenters. The standard InChI is InChI=1S/C13H10ClFN2O2/c14-12-8(5-6-11(18)19)7-16-13(17-12)9-3-1-2-4-10(9)15/h1-4,7H,5-6H2,(H,18,19). The minimum Gasteiger partial charge on any atom is -0.481 e. The highest BCUT2D eigenvalue weighted by Gasteiger charge is 2.11. The fourth-order valence-electron chi connectivity index (χ4n) is 1.57. The van der Waals surface area contributed by atoms with E-state index in [1.54, 1.807) is 18.2 Å². The number of aromatic nitrogens is 2. The summed E-state index contributed by atoms with van der Waals surface area (Å²) in [7, 11) is 0. The van der Waals surface area contributed by atoms with Gasteiger partial charge < -0.3 is 5.11 Å². The molecule has 0 aliphatic rings. The molecule has 0 fully saturated rings. The zero-order valence-electron chi connectivity index (χ0n) is 9.81. The monoisotopic (exact) mass is 280 g/mol. The molecule has 0 saturated heterocycles. The van der Waals surface area contributed by atoms with E-state index >= 15 is 0 Å². The van der Waals surface area contributed by atoms with Crippen molar-refractivity contribution in [1.82, 2.24) is 9.97 Å². The molecule has 2 rings (SSSR count). The van der Waals surface area contributed by atoms with Crippen LogP contribution in [-0.4, -0.2) is 21.0 Å². The highest BCUT2D eigenvalue weighted by Crippen LogP contribution is 2.22. The molecule has 1 aromatic heterocycles. The van der Waals surface area contributed by atoms with Crippen molar-refractivity contribution in [3.05, 3.63) is 47.0 Å². The Kier molecular flexibility index (Phi) is 4.06. The topological polar surface area (TPSA) is 63.1 Å². The number of hydrogen-bond donors (Lipinski definition) is 1. The second-order valence-electron chi connectivity index (χ2n) is 3.88. The molecule has 6 heteroatoms. The van der Waals surface area contributed by atoms with Crippen LogP contribution >= 0.6 is 11.6 Å². The molecule has 0 unspecified atom stereocenters. The molecule has 1 aromatic carbocycles. The maximum Gasteiger partial charge on any atom is 0.303 e. The number of carboxylic acids is 1. The summed E-state index contributed by atoms with van der Waals surface area (Å²) in [6.45, 7) is 0. The van der Waals surface area contributed by atoms with Crippen molar-refractivity contribution in [2.75, 3.05) is 0 Å². The van der Waals surface area contributed by atoms with Gasteiger partial charge in [0.25, 0.3) is 0 Å². The van der Waals surface area contributed by atoms with E-state index in [9.17, 15) is 9.18 Å². The number of benzene rings is 1. The summed E-state index contributed by atoms with van der Waals surface area (Å²) >= 11 is 5.95. The van der Waals surface area contributed by atoms with Gasteiger partial charge in [-0.05, 0) is 18.6 Å².